The lowest BCUT2D eigenvalue weighted by Gasteiger charge is -2.09. The van der Waals surface area contributed by atoms with Crippen LogP contribution in [0.2, 0.25) is 0 Å². The zero-order chi connectivity index (χ0) is 21.9. The summed E-state index contributed by atoms with van der Waals surface area (Å²) in [6.07, 6.45) is 1.79. The Bertz CT molecular complexity index is 1250. The number of hydrogen-bond donors (Lipinski definition) is 1. The standard InChI is InChI=1S/C23H20N4O5/c1-2-29-17-8-6-16(7-9-17)24-21(28)13-27-11-3-4-18(27)23-25-22(26-32-23)15-5-10-19-20(12-15)31-14-30-19/h3-12H,2,13-14H2,1H3,(H,24,28). The first kappa shape index (κ1) is 19.7. The van der Waals surface area contributed by atoms with E-state index in [4.69, 9.17) is 18.7 Å². The molecule has 0 aliphatic carbocycles. The molecular formula is C23H20N4O5. The van der Waals surface area contributed by atoms with E-state index in [1.165, 1.54) is 0 Å². The van der Waals surface area contributed by atoms with Crippen LogP contribution in [-0.4, -0.2) is 34.0 Å². The zero-order valence-corrected chi connectivity index (χ0v) is 17.3. The molecule has 0 unspecified atom stereocenters. The van der Waals surface area contributed by atoms with Gasteiger partial charge in [0.2, 0.25) is 18.5 Å². The molecule has 0 spiro atoms. The summed E-state index contributed by atoms with van der Waals surface area (Å²) in [5, 5.41) is 6.95. The lowest BCUT2D eigenvalue weighted by atomic mass is 10.2. The molecule has 1 N–H and O–H groups in total. The van der Waals surface area contributed by atoms with Gasteiger partial charge < -0.3 is 28.6 Å². The van der Waals surface area contributed by atoms with Gasteiger partial charge >= 0.3 is 0 Å². The van der Waals surface area contributed by atoms with Crippen LogP contribution in [0.5, 0.6) is 17.2 Å². The van der Waals surface area contributed by atoms with Crippen LogP contribution in [-0.2, 0) is 11.3 Å². The number of anilines is 1. The van der Waals surface area contributed by atoms with Gasteiger partial charge in [0.15, 0.2) is 11.5 Å². The highest BCUT2D eigenvalue weighted by Crippen LogP contribution is 2.35. The van der Waals surface area contributed by atoms with Crippen LogP contribution in [0.25, 0.3) is 23.0 Å². The van der Waals surface area contributed by atoms with Gasteiger partial charge in [-0.1, -0.05) is 5.16 Å². The van der Waals surface area contributed by atoms with Gasteiger partial charge in [0.05, 0.1) is 6.61 Å². The molecule has 0 bridgehead atoms. The molecule has 1 aliphatic heterocycles. The number of amides is 1. The second kappa shape index (κ2) is 8.46. The summed E-state index contributed by atoms with van der Waals surface area (Å²) < 4.78 is 23.4. The van der Waals surface area contributed by atoms with Gasteiger partial charge in [-0.3, -0.25) is 4.79 Å². The number of hydrogen-bond acceptors (Lipinski definition) is 7. The highest BCUT2D eigenvalue weighted by molar-refractivity contribution is 5.90. The molecule has 5 rings (SSSR count). The van der Waals surface area contributed by atoms with Crippen LogP contribution >= 0.6 is 0 Å². The quantitative estimate of drug-likeness (QED) is 0.472. The fourth-order valence-electron chi connectivity index (χ4n) is 3.38. The fraction of sp³-hybridized carbons (Fsp3) is 0.174. The van der Waals surface area contributed by atoms with Crippen LogP contribution < -0.4 is 19.5 Å². The van der Waals surface area contributed by atoms with E-state index in [0.717, 1.165) is 11.3 Å². The van der Waals surface area contributed by atoms with Gasteiger partial charge in [-0.25, -0.2) is 0 Å². The number of carbonyl (C=O) groups is 1. The number of rotatable bonds is 7. The van der Waals surface area contributed by atoms with Gasteiger partial charge in [-0.15, -0.1) is 0 Å². The lowest BCUT2D eigenvalue weighted by Crippen LogP contribution is -2.18. The zero-order valence-electron chi connectivity index (χ0n) is 17.3. The van der Waals surface area contributed by atoms with Crippen molar-refractivity contribution in [3.63, 3.8) is 0 Å². The normalized spacial score (nSPS) is 12.0. The average Bonchev–Trinajstić information content (AvgIpc) is 3.55. The second-order valence-electron chi connectivity index (χ2n) is 7.02. The first-order valence-electron chi connectivity index (χ1n) is 10.1. The van der Waals surface area contributed by atoms with Gasteiger partial charge in [0, 0.05) is 17.4 Å². The maximum atomic E-state index is 12.6. The van der Waals surface area contributed by atoms with E-state index in [0.29, 0.717) is 41.2 Å². The monoisotopic (exact) mass is 432 g/mol. The van der Waals surface area contributed by atoms with E-state index in [1.807, 2.05) is 43.3 Å². The van der Waals surface area contributed by atoms with Crippen molar-refractivity contribution in [3.8, 4) is 40.2 Å². The minimum Gasteiger partial charge on any atom is -0.494 e. The van der Waals surface area contributed by atoms with E-state index < -0.39 is 0 Å². The Balaban J connectivity index is 1.29. The summed E-state index contributed by atoms with van der Waals surface area (Å²) in [5.41, 5.74) is 2.08. The predicted octanol–water partition coefficient (Wildman–Crippen LogP) is 3.97. The van der Waals surface area contributed by atoms with Crippen molar-refractivity contribution in [3.05, 3.63) is 60.8 Å². The van der Waals surface area contributed by atoms with Crippen molar-refractivity contribution in [2.24, 2.45) is 0 Å². The third kappa shape index (κ3) is 4.00. The number of benzene rings is 2. The summed E-state index contributed by atoms with van der Waals surface area (Å²) in [6.45, 7) is 2.81. The van der Waals surface area contributed by atoms with Crippen molar-refractivity contribution in [2.45, 2.75) is 13.5 Å². The molecule has 9 nitrogen and oxygen atoms in total. The topological polar surface area (TPSA) is 101 Å². The number of fused-ring (bicyclic) bond motifs is 1. The minimum atomic E-state index is -0.179. The van der Waals surface area contributed by atoms with E-state index in [2.05, 4.69) is 15.5 Å². The molecule has 1 aliphatic rings. The van der Waals surface area contributed by atoms with Crippen molar-refractivity contribution in [1.82, 2.24) is 14.7 Å². The Kier molecular flexibility index (Phi) is 5.20. The lowest BCUT2D eigenvalue weighted by molar-refractivity contribution is -0.116. The van der Waals surface area contributed by atoms with E-state index >= 15 is 0 Å². The van der Waals surface area contributed by atoms with Crippen LogP contribution in [0.15, 0.2) is 65.3 Å². The largest absolute Gasteiger partial charge is 0.494 e. The van der Waals surface area contributed by atoms with E-state index in [-0.39, 0.29) is 19.2 Å². The fourth-order valence-corrected chi connectivity index (χ4v) is 3.38. The predicted molar refractivity (Wildman–Crippen MR) is 116 cm³/mol. The number of ether oxygens (including phenoxy) is 3. The van der Waals surface area contributed by atoms with Crippen LogP contribution in [0.3, 0.4) is 0 Å². The molecular weight excluding hydrogens is 412 g/mol. The molecule has 9 heteroatoms. The third-order valence-corrected chi connectivity index (χ3v) is 4.87. The summed E-state index contributed by atoms with van der Waals surface area (Å²) in [6, 6.07) is 16.3. The number of carbonyl (C=O) groups excluding carboxylic acids is 1. The Morgan fingerprint density at radius 3 is 2.81 bits per heavy atom. The third-order valence-electron chi connectivity index (χ3n) is 4.87. The molecule has 32 heavy (non-hydrogen) atoms. The Morgan fingerprint density at radius 2 is 1.97 bits per heavy atom. The molecule has 3 heterocycles. The van der Waals surface area contributed by atoms with E-state index in [9.17, 15) is 4.79 Å². The SMILES string of the molecule is CCOc1ccc(NC(=O)Cn2cccc2-c2nc(-c3ccc4c(c3)OCO4)no2)cc1. The van der Waals surface area contributed by atoms with Crippen molar-refractivity contribution in [1.29, 1.82) is 0 Å². The first-order valence-corrected chi connectivity index (χ1v) is 10.1. The summed E-state index contributed by atoms with van der Waals surface area (Å²) in [7, 11) is 0. The molecule has 1 amide bonds. The van der Waals surface area contributed by atoms with Gasteiger partial charge in [-0.05, 0) is 61.5 Å². The average molecular weight is 432 g/mol. The molecule has 0 radical (unpaired) electrons. The molecule has 162 valence electrons. The Hall–Kier alpha value is -4.27. The van der Waals surface area contributed by atoms with Crippen LogP contribution in [0.4, 0.5) is 5.69 Å². The van der Waals surface area contributed by atoms with Crippen LogP contribution in [0.1, 0.15) is 6.92 Å². The smallest absolute Gasteiger partial charge is 0.274 e. The number of nitrogens with zero attached hydrogens (tertiary/aromatic N) is 3. The van der Waals surface area contributed by atoms with Gasteiger partial charge in [0.1, 0.15) is 18.0 Å². The molecule has 2 aromatic heterocycles. The molecule has 0 saturated carbocycles. The number of aromatic nitrogens is 3. The van der Waals surface area contributed by atoms with Crippen LogP contribution in [0, 0.1) is 0 Å². The molecule has 0 saturated heterocycles. The van der Waals surface area contributed by atoms with Crippen molar-refractivity contribution < 1.29 is 23.5 Å². The molecule has 4 aromatic rings. The molecule has 0 fully saturated rings. The first-order chi connectivity index (χ1) is 15.7. The van der Waals surface area contributed by atoms with E-state index in [1.54, 1.807) is 29.0 Å². The maximum absolute atomic E-state index is 12.6. The second-order valence-corrected chi connectivity index (χ2v) is 7.02. The molecule has 2 aromatic carbocycles. The van der Waals surface area contributed by atoms with Crippen molar-refractivity contribution >= 4 is 11.6 Å². The van der Waals surface area contributed by atoms with Gasteiger partial charge in [-0.2, -0.15) is 4.98 Å². The van der Waals surface area contributed by atoms with Crippen molar-refractivity contribution in [2.75, 3.05) is 18.7 Å². The Morgan fingerprint density at radius 1 is 1.12 bits per heavy atom. The summed E-state index contributed by atoms with van der Waals surface area (Å²) in [4.78, 5) is 17.0. The Labute approximate surface area is 183 Å². The summed E-state index contributed by atoms with van der Waals surface area (Å²) >= 11 is 0. The highest BCUT2D eigenvalue weighted by Gasteiger charge is 2.19. The number of nitrogens with one attached hydrogen (secondary N) is 1. The maximum Gasteiger partial charge on any atom is 0.274 e. The molecule has 0 atom stereocenters. The summed E-state index contributed by atoms with van der Waals surface area (Å²) in [5.74, 6) is 2.64. The minimum absolute atomic E-state index is 0.0945. The highest BCUT2D eigenvalue weighted by atomic mass is 16.7. The van der Waals surface area contributed by atoms with Gasteiger partial charge in [0.25, 0.3) is 5.89 Å².